The van der Waals surface area contributed by atoms with Crippen molar-refractivity contribution in [3.63, 3.8) is 0 Å². The lowest BCUT2D eigenvalue weighted by Crippen LogP contribution is -2.15. The summed E-state index contributed by atoms with van der Waals surface area (Å²) in [7, 11) is 2.01. The maximum absolute atomic E-state index is 7.75. The summed E-state index contributed by atoms with van der Waals surface area (Å²) in [6, 6.07) is 5.65. The molecule has 1 N–H and O–H groups in total. The second kappa shape index (κ2) is 2.94. The highest BCUT2D eigenvalue weighted by Crippen LogP contribution is 2.17. The van der Waals surface area contributed by atoms with E-state index in [0.717, 1.165) is 22.8 Å². The highest BCUT2D eigenvalue weighted by atomic mass is 15.0. The quantitative estimate of drug-likeness (QED) is 0.669. The van der Waals surface area contributed by atoms with Crippen LogP contribution in [0.4, 0.5) is 0 Å². The van der Waals surface area contributed by atoms with Crippen molar-refractivity contribution in [2.24, 2.45) is 7.05 Å². The number of para-hydroxylation sites is 1. The van der Waals surface area contributed by atoms with Crippen LogP contribution in [-0.4, -0.2) is 9.55 Å². The second-order valence-electron chi connectivity index (χ2n) is 3.51. The molecule has 1 aliphatic heterocycles. The molecule has 0 bridgehead atoms. The summed E-state index contributed by atoms with van der Waals surface area (Å²) in [5, 5.41) is 8.24. The third kappa shape index (κ3) is 1.13. The predicted octanol–water partition coefficient (Wildman–Crippen LogP) is 1.62. The van der Waals surface area contributed by atoms with Gasteiger partial charge in [0.15, 0.2) is 0 Å². The Morgan fingerprint density at radius 1 is 1.29 bits per heavy atom. The molecular formula is C11H13N3. The number of hydrogen-bond donors (Lipinski definition) is 1. The normalized spacial score (nSPS) is 10.8. The van der Waals surface area contributed by atoms with E-state index in [9.17, 15) is 0 Å². The van der Waals surface area contributed by atoms with E-state index in [2.05, 4.69) is 9.55 Å². The van der Waals surface area contributed by atoms with Crippen LogP contribution in [0, 0.1) is 19.3 Å². The van der Waals surface area contributed by atoms with Crippen LogP contribution >= 0.6 is 0 Å². The Morgan fingerprint density at radius 2 is 2.00 bits per heavy atom. The van der Waals surface area contributed by atoms with Crippen molar-refractivity contribution < 1.29 is 0 Å². The second-order valence-corrected chi connectivity index (χ2v) is 3.51. The molecule has 3 nitrogen and oxygen atoms in total. The van der Waals surface area contributed by atoms with Crippen molar-refractivity contribution in [3.8, 4) is 11.4 Å². The SMILES string of the molecule is Cc1nc2c(=N)cccc-2n(C)c1C. The summed E-state index contributed by atoms with van der Waals surface area (Å²) >= 11 is 0. The summed E-state index contributed by atoms with van der Waals surface area (Å²) in [6.07, 6.45) is 0. The zero-order chi connectivity index (χ0) is 10.3. The van der Waals surface area contributed by atoms with Gasteiger partial charge in [0.05, 0.1) is 16.7 Å². The molecule has 1 aliphatic carbocycles. The van der Waals surface area contributed by atoms with Crippen molar-refractivity contribution in [2.75, 3.05) is 0 Å². The van der Waals surface area contributed by atoms with Crippen molar-refractivity contribution in [1.82, 2.24) is 9.55 Å². The first-order chi connectivity index (χ1) is 6.61. The molecule has 2 aliphatic rings. The Labute approximate surface area is 82.9 Å². The molecule has 0 spiro atoms. The van der Waals surface area contributed by atoms with Crippen LogP contribution in [0.2, 0.25) is 0 Å². The molecule has 14 heavy (non-hydrogen) atoms. The lowest BCUT2D eigenvalue weighted by Gasteiger charge is -2.15. The van der Waals surface area contributed by atoms with Gasteiger partial charge in [-0.05, 0) is 26.0 Å². The minimum atomic E-state index is 0.487. The van der Waals surface area contributed by atoms with E-state index in [1.807, 2.05) is 33.0 Å². The van der Waals surface area contributed by atoms with E-state index in [1.54, 1.807) is 6.07 Å². The zero-order valence-electron chi connectivity index (χ0n) is 8.63. The molecule has 0 saturated heterocycles. The van der Waals surface area contributed by atoms with E-state index in [4.69, 9.17) is 5.41 Å². The van der Waals surface area contributed by atoms with Crippen LogP contribution in [-0.2, 0) is 7.05 Å². The smallest absolute Gasteiger partial charge is 0.112 e. The number of hydrogen-bond acceptors (Lipinski definition) is 2. The van der Waals surface area contributed by atoms with Crippen LogP contribution < -0.4 is 5.36 Å². The summed E-state index contributed by atoms with van der Waals surface area (Å²) < 4.78 is 2.08. The minimum absolute atomic E-state index is 0.487. The molecule has 3 heteroatoms. The van der Waals surface area contributed by atoms with Crippen LogP contribution in [0.1, 0.15) is 11.4 Å². The molecule has 2 rings (SSSR count). The summed E-state index contributed by atoms with van der Waals surface area (Å²) in [5.74, 6) is 0. The maximum atomic E-state index is 7.75. The Bertz CT molecular complexity index is 511. The van der Waals surface area contributed by atoms with Crippen molar-refractivity contribution in [3.05, 3.63) is 34.9 Å². The number of rotatable bonds is 0. The van der Waals surface area contributed by atoms with E-state index in [-0.39, 0.29) is 0 Å². The number of aryl methyl sites for hydroxylation is 1. The third-order valence-electron chi connectivity index (χ3n) is 2.68. The van der Waals surface area contributed by atoms with Crippen LogP contribution in [0.5, 0.6) is 0 Å². The lowest BCUT2D eigenvalue weighted by atomic mass is 10.1. The van der Waals surface area contributed by atoms with E-state index < -0.39 is 0 Å². The van der Waals surface area contributed by atoms with Gasteiger partial charge in [-0.1, -0.05) is 6.07 Å². The van der Waals surface area contributed by atoms with Crippen LogP contribution in [0.25, 0.3) is 11.4 Å². The van der Waals surface area contributed by atoms with Crippen molar-refractivity contribution in [2.45, 2.75) is 13.8 Å². The molecule has 1 heterocycles. The van der Waals surface area contributed by atoms with Crippen molar-refractivity contribution >= 4 is 0 Å². The minimum Gasteiger partial charge on any atom is -0.345 e. The Balaban J connectivity index is 2.97. The molecule has 72 valence electrons. The average Bonchev–Trinajstić information content (AvgIpc) is 2.17. The predicted molar refractivity (Wildman–Crippen MR) is 55.2 cm³/mol. The molecule has 0 atom stereocenters. The monoisotopic (exact) mass is 187 g/mol. The molecule has 0 fully saturated rings. The molecule has 0 radical (unpaired) electrons. The molecule has 0 amide bonds. The van der Waals surface area contributed by atoms with E-state index in [0.29, 0.717) is 5.36 Å². The first-order valence-corrected chi connectivity index (χ1v) is 4.59. The Morgan fingerprint density at radius 3 is 2.71 bits per heavy atom. The summed E-state index contributed by atoms with van der Waals surface area (Å²) in [4.78, 5) is 4.43. The van der Waals surface area contributed by atoms with Gasteiger partial charge in [-0.15, -0.1) is 0 Å². The molecule has 0 aromatic heterocycles. The fourth-order valence-corrected chi connectivity index (χ4v) is 1.59. The first kappa shape index (κ1) is 8.94. The van der Waals surface area contributed by atoms with Crippen LogP contribution in [0.15, 0.2) is 18.2 Å². The van der Waals surface area contributed by atoms with Gasteiger partial charge in [0.25, 0.3) is 0 Å². The molecule has 0 saturated carbocycles. The van der Waals surface area contributed by atoms with E-state index >= 15 is 0 Å². The molecular weight excluding hydrogens is 174 g/mol. The summed E-state index contributed by atoms with van der Waals surface area (Å²) in [6.45, 7) is 4.01. The maximum Gasteiger partial charge on any atom is 0.112 e. The number of nitrogens with one attached hydrogen (secondary N) is 1. The first-order valence-electron chi connectivity index (χ1n) is 4.59. The fourth-order valence-electron chi connectivity index (χ4n) is 1.59. The van der Waals surface area contributed by atoms with Gasteiger partial charge < -0.3 is 4.57 Å². The highest BCUT2D eigenvalue weighted by molar-refractivity contribution is 5.56. The van der Waals surface area contributed by atoms with Gasteiger partial charge in [-0.2, -0.15) is 0 Å². The topological polar surface area (TPSA) is 41.7 Å². The summed E-state index contributed by atoms with van der Waals surface area (Å²) in [5.41, 5.74) is 3.92. The number of fused-ring (bicyclic) bond motifs is 1. The van der Waals surface area contributed by atoms with Gasteiger partial charge in [-0.3, -0.25) is 5.41 Å². The van der Waals surface area contributed by atoms with E-state index in [1.165, 1.54) is 0 Å². The third-order valence-corrected chi connectivity index (χ3v) is 2.68. The average molecular weight is 187 g/mol. The zero-order valence-corrected chi connectivity index (χ0v) is 8.63. The Hall–Kier alpha value is -1.64. The van der Waals surface area contributed by atoms with Gasteiger partial charge in [0.2, 0.25) is 0 Å². The largest absolute Gasteiger partial charge is 0.345 e. The fraction of sp³-hybridized carbons (Fsp3) is 0.273. The standard InChI is InChI=1S/C11H13N3/c1-7-8(2)14(3)10-6-4-5-9(12)11(10)13-7/h4-6,12H,1-3H3. The Kier molecular flexibility index (Phi) is 1.88. The molecule has 0 aromatic rings. The van der Waals surface area contributed by atoms with Crippen LogP contribution in [0.3, 0.4) is 0 Å². The number of benzene rings is 1. The number of aromatic nitrogens is 2. The van der Waals surface area contributed by atoms with Gasteiger partial charge >= 0.3 is 0 Å². The number of nitrogens with zero attached hydrogens (tertiary/aromatic N) is 2. The van der Waals surface area contributed by atoms with Gasteiger partial charge in [0, 0.05) is 12.7 Å². The molecule has 0 unspecified atom stereocenters. The highest BCUT2D eigenvalue weighted by Gasteiger charge is 2.10. The van der Waals surface area contributed by atoms with Crippen molar-refractivity contribution in [1.29, 1.82) is 5.41 Å². The lowest BCUT2D eigenvalue weighted by molar-refractivity contribution is 0.823. The molecule has 0 aromatic carbocycles. The van der Waals surface area contributed by atoms with Gasteiger partial charge in [-0.25, -0.2) is 4.98 Å². The van der Waals surface area contributed by atoms with Gasteiger partial charge in [0.1, 0.15) is 5.69 Å².